The maximum absolute atomic E-state index is 13.1. The molecule has 0 aliphatic rings. The molecule has 0 saturated heterocycles. The van der Waals surface area contributed by atoms with Crippen molar-refractivity contribution in [2.75, 3.05) is 5.73 Å². The first kappa shape index (κ1) is 14.3. The SMILES string of the molecule is CC(NC(=O)c1cc(F)cnc1N)c1ccccc1Cl. The standard InChI is InChI=1S/C14H13ClFN3O/c1-8(10-4-2-3-5-12(10)15)19-14(20)11-6-9(16)7-18-13(11)17/h2-8H,1H3,(H2,17,18)(H,19,20). The molecule has 0 saturated carbocycles. The van der Waals surface area contributed by atoms with Gasteiger partial charge < -0.3 is 11.1 Å². The number of halogens is 2. The van der Waals surface area contributed by atoms with Gasteiger partial charge in [-0.05, 0) is 24.6 Å². The van der Waals surface area contributed by atoms with Crippen LogP contribution in [0, 0.1) is 5.82 Å². The molecule has 0 aliphatic heterocycles. The van der Waals surface area contributed by atoms with Gasteiger partial charge in [0.2, 0.25) is 0 Å². The van der Waals surface area contributed by atoms with Gasteiger partial charge in [-0.1, -0.05) is 29.8 Å². The van der Waals surface area contributed by atoms with Crippen LogP contribution >= 0.6 is 11.6 Å². The summed E-state index contributed by atoms with van der Waals surface area (Å²) < 4.78 is 13.1. The number of nitrogens with zero attached hydrogens (tertiary/aromatic N) is 1. The van der Waals surface area contributed by atoms with Gasteiger partial charge in [0.25, 0.3) is 5.91 Å². The number of benzene rings is 1. The van der Waals surface area contributed by atoms with Crippen molar-refractivity contribution in [3.8, 4) is 0 Å². The minimum absolute atomic E-state index is 0.00361. The molecule has 1 amide bonds. The summed E-state index contributed by atoms with van der Waals surface area (Å²) in [6, 6.07) is 7.88. The Kier molecular flexibility index (Phi) is 4.20. The molecule has 4 nitrogen and oxygen atoms in total. The first-order valence-electron chi connectivity index (χ1n) is 5.95. The van der Waals surface area contributed by atoms with Gasteiger partial charge in [-0.2, -0.15) is 0 Å². The lowest BCUT2D eigenvalue weighted by Gasteiger charge is -2.16. The van der Waals surface area contributed by atoms with Crippen molar-refractivity contribution < 1.29 is 9.18 Å². The monoisotopic (exact) mass is 293 g/mol. The van der Waals surface area contributed by atoms with Crippen LogP contribution < -0.4 is 11.1 Å². The van der Waals surface area contributed by atoms with E-state index >= 15 is 0 Å². The molecule has 0 aliphatic carbocycles. The Labute approximate surface area is 120 Å². The number of pyridine rings is 1. The fraction of sp³-hybridized carbons (Fsp3) is 0.143. The van der Waals surface area contributed by atoms with E-state index in [2.05, 4.69) is 10.3 Å². The molecule has 2 aromatic rings. The predicted octanol–water partition coefficient (Wildman–Crippen LogP) is 2.95. The number of anilines is 1. The smallest absolute Gasteiger partial charge is 0.255 e. The number of carbonyl (C=O) groups is 1. The highest BCUT2D eigenvalue weighted by Gasteiger charge is 2.16. The zero-order valence-corrected chi connectivity index (χ0v) is 11.5. The van der Waals surface area contributed by atoms with E-state index in [1.54, 1.807) is 25.1 Å². The molecule has 20 heavy (non-hydrogen) atoms. The third kappa shape index (κ3) is 3.05. The molecule has 6 heteroatoms. The molecule has 0 bridgehead atoms. The Bertz CT molecular complexity index is 648. The van der Waals surface area contributed by atoms with Crippen LogP contribution in [0.2, 0.25) is 5.02 Å². The average molecular weight is 294 g/mol. The number of hydrogen-bond acceptors (Lipinski definition) is 3. The Morgan fingerprint density at radius 3 is 2.85 bits per heavy atom. The van der Waals surface area contributed by atoms with Crippen LogP contribution in [0.3, 0.4) is 0 Å². The lowest BCUT2D eigenvalue weighted by Crippen LogP contribution is -2.28. The summed E-state index contributed by atoms with van der Waals surface area (Å²) in [5.41, 5.74) is 6.34. The lowest BCUT2D eigenvalue weighted by molar-refractivity contribution is 0.0940. The van der Waals surface area contributed by atoms with Crippen LogP contribution in [0.4, 0.5) is 10.2 Å². The molecule has 1 aromatic heterocycles. The quantitative estimate of drug-likeness (QED) is 0.914. The summed E-state index contributed by atoms with van der Waals surface area (Å²) in [5.74, 6) is -1.13. The second kappa shape index (κ2) is 5.88. The van der Waals surface area contributed by atoms with Crippen molar-refractivity contribution in [3.05, 3.63) is 58.5 Å². The first-order chi connectivity index (χ1) is 9.49. The highest BCUT2D eigenvalue weighted by Crippen LogP contribution is 2.22. The maximum Gasteiger partial charge on any atom is 0.255 e. The number of rotatable bonds is 3. The number of carbonyl (C=O) groups excluding carboxylic acids is 1. The van der Waals surface area contributed by atoms with E-state index < -0.39 is 11.7 Å². The zero-order valence-electron chi connectivity index (χ0n) is 10.7. The van der Waals surface area contributed by atoms with Crippen molar-refractivity contribution >= 4 is 23.3 Å². The minimum atomic E-state index is -0.616. The van der Waals surface area contributed by atoms with Crippen LogP contribution in [-0.2, 0) is 0 Å². The summed E-state index contributed by atoms with van der Waals surface area (Å²) >= 11 is 6.06. The van der Waals surface area contributed by atoms with Crippen molar-refractivity contribution in [2.45, 2.75) is 13.0 Å². The molecule has 1 heterocycles. The van der Waals surface area contributed by atoms with Crippen LogP contribution in [0.5, 0.6) is 0 Å². The Hall–Kier alpha value is -2.14. The van der Waals surface area contributed by atoms with E-state index in [0.29, 0.717) is 5.02 Å². The van der Waals surface area contributed by atoms with Crippen LogP contribution in [0.15, 0.2) is 36.5 Å². The molecule has 1 aromatic carbocycles. The third-order valence-electron chi connectivity index (χ3n) is 2.85. The van der Waals surface area contributed by atoms with E-state index in [1.807, 2.05) is 6.07 Å². The fourth-order valence-corrected chi connectivity index (χ4v) is 2.11. The van der Waals surface area contributed by atoms with E-state index in [1.165, 1.54) is 0 Å². The van der Waals surface area contributed by atoms with Gasteiger partial charge in [0.15, 0.2) is 0 Å². The van der Waals surface area contributed by atoms with Gasteiger partial charge in [-0.25, -0.2) is 9.37 Å². The van der Waals surface area contributed by atoms with E-state index in [0.717, 1.165) is 17.8 Å². The number of nitrogen functional groups attached to an aromatic ring is 1. The lowest BCUT2D eigenvalue weighted by atomic mass is 10.1. The molecule has 0 radical (unpaired) electrons. The summed E-state index contributed by atoms with van der Waals surface area (Å²) in [5, 5.41) is 3.26. The zero-order chi connectivity index (χ0) is 14.7. The van der Waals surface area contributed by atoms with Crippen LogP contribution in [-0.4, -0.2) is 10.9 Å². The molecule has 0 spiro atoms. The van der Waals surface area contributed by atoms with Crippen molar-refractivity contribution in [2.24, 2.45) is 0 Å². The van der Waals surface area contributed by atoms with Gasteiger partial charge in [-0.15, -0.1) is 0 Å². The van der Waals surface area contributed by atoms with Crippen LogP contribution in [0.1, 0.15) is 28.9 Å². The molecular weight excluding hydrogens is 281 g/mol. The maximum atomic E-state index is 13.1. The second-order valence-corrected chi connectivity index (χ2v) is 4.71. The van der Waals surface area contributed by atoms with Crippen molar-refractivity contribution in [1.82, 2.24) is 10.3 Å². The Morgan fingerprint density at radius 1 is 1.45 bits per heavy atom. The largest absolute Gasteiger partial charge is 0.383 e. The minimum Gasteiger partial charge on any atom is -0.383 e. The molecule has 3 N–H and O–H groups in total. The first-order valence-corrected chi connectivity index (χ1v) is 6.33. The molecular formula is C14H13ClFN3O. The Morgan fingerprint density at radius 2 is 2.15 bits per heavy atom. The van der Waals surface area contributed by atoms with E-state index in [9.17, 15) is 9.18 Å². The number of hydrogen-bond donors (Lipinski definition) is 2. The topological polar surface area (TPSA) is 68.0 Å². The van der Waals surface area contributed by atoms with Crippen molar-refractivity contribution in [3.63, 3.8) is 0 Å². The van der Waals surface area contributed by atoms with Gasteiger partial charge in [0.1, 0.15) is 11.6 Å². The molecule has 1 unspecified atom stereocenters. The second-order valence-electron chi connectivity index (χ2n) is 4.30. The molecule has 2 rings (SSSR count). The molecule has 1 atom stereocenters. The fourth-order valence-electron chi connectivity index (χ4n) is 1.81. The number of nitrogens with one attached hydrogen (secondary N) is 1. The average Bonchev–Trinajstić information content (AvgIpc) is 2.41. The summed E-state index contributed by atoms with van der Waals surface area (Å²) in [4.78, 5) is 15.7. The molecule has 104 valence electrons. The number of nitrogens with two attached hydrogens (primary N) is 1. The summed E-state index contributed by atoms with van der Waals surface area (Å²) in [7, 11) is 0. The summed E-state index contributed by atoms with van der Waals surface area (Å²) in [6.07, 6.45) is 0.962. The number of aromatic nitrogens is 1. The summed E-state index contributed by atoms with van der Waals surface area (Å²) in [6.45, 7) is 1.78. The normalized spacial score (nSPS) is 11.9. The third-order valence-corrected chi connectivity index (χ3v) is 3.19. The highest BCUT2D eigenvalue weighted by atomic mass is 35.5. The number of amides is 1. The van der Waals surface area contributed by atoms with Gasteiger partial charge in [0.05, 0.1) is 17.8 Å². The van der Waals surface area contributed by atoms with Crippen LogP contribution in [0.25, 0.3) is 0 Å². The highest BCUT2D eigenvalue weighted by molar-refractivity contribution is 6.31. The van der Waals surface area contributed by atoms with Gasteiger partial charge >= 0.3 is 0 Å². The van der Waals surface area contributed by atoms with Gasteiger partial charge in [0, 0.05) is 5.02 Å². The van der Waals surface area contributed by atoms with E-state index in [-0.39, 0.29) is 17.4 Å². The van der Waals surface area contributed by atoms with Gasteiger partial charge in [-0.3, -0.25) is 4.79 Å². The van der Waals surface area contributed by atoms with E-state index in [4.69, 9.17) is 17.3 Å². The Balaban J connectivity index is 2.20. The van der Waals surface area contributed by atoms with Crippen molar-refractivity contribution in [1.29, 1.82) is 0 Å². The molecule has 0 fully saturated rings. The predicted molar refractivity (Wildman–Crippen MR) is 75.9 cm³/mol.